The number of rotatable bonds is 16. The zero-order chi connectivity index (χ0) is 20.9. The van der Waals surface area contributed by atoms with Crippen molar-refractivity contribution in [2.45, 2.75) is 136 Å². The molecule has 0 aromatic rings. The Balaban J connectivity index is 0.00000227. The highest BCUT2D eigenvalue weighted by Gasteiger charge is 2.35. The van der Waals surface area contributed by atoms with Crippen molar-refractivity contribution in [3.05, 3.63) is 0 Å². The molecule has 0 saturated heterocycles. The minimum atomic E-state index is 0.993. The molecule has 4 nitrogen and oxygen atoms in total. The van der Waals surface area contributed by atoms with Gasteiger partial charge in [0.25, 0.3) is 0 Å². The molecule has 0 radical (unpaired) electrons. The first-order valence-corrected chi connectivity index (χ1v) is 12.5. The average molecular weight is 403 g/mol. The fourth-order valence-electron chi connectivity index (χ4n) is 5.32. The normalized spacial score (nSPS) is 15.3. The van der Waals surface area contributed by atoms with Gasteiger partial charge in [-0.2, -0.15) is 0 Å². The topological polar surface area (TPSA) is 49.7 Å². The molecule has 1 aliphatic carbocycles. The van der Waals surface area contributed by atoms with Crippen LogP contribution in [0.3, 0.4) is 0 Å². The Labute approximate surface area is 176 Å². The SMILES string of the molecule is CCCCCCCCCCCC[N+](CCC)(CCC)C1CCCCC1.OOO. The van der Waals surface area contributed by atoms with E-state index in [2.05, 4.69) is 25.8 Å². The van der Waals surface area contributed by atoms with Crippen molar-refractivity contribution in [3.8, 4) is 0 Å². The summed E-state index contributed by atoms with van der Waals surface area (Å²) < 4.78 is 1.48. The predicted molar refractivity (Wildman–Crippen MR) is 121 cm³/mol. The zero-order valence-electron chi connectivity index (χ0n) is 19.5. The van der Waals surface area contributed by atoms with Gasteiger partial charge in [-0.15, -0.1) is 0 Å². The summed E-state index contributed by atoms with van der Waals surface area (Å²) in [6, 6.07) is 0.993. The number of hydrogen-bond donors (Lipinski definition) is 2. The van der Waals surface area contributed by atoms with Gasteiger partial charge in [-0.1, -0.05) is 83.6 Å². The molecule has 170 valence electrons. The smallest absolute Gasteiger partial charge is 0.0890 e. The molecule has 0 atom stereocenters. The lowest BCUT2D eigenvalue weighted by molar-refractivity contribution is -0.952. The van der Waals surface area contributed by atoms with Crippen molar-refractivity contribution >= 4 is 0 Å². The summed E-state index contributed by atoms with van der Waals surface area (Å²) in [7, 11) is 0. The summed E-state index contributed by atoms with van der Waals surface area (Å²) in [5, 5.41) is 15.5. The van der Waals surface area contributed by atoms with Crippen LogP contribution in [0, 0.1) is 0 Å². The third-order valence-electron chi connectivity index (χ3n) is 6.64. The van der Waals surface area contributed by atoms with E-state index < -0.39 is 0 Å². The van der Waals surface area contributed by atoms with Crippen LogP contribution in [0.4, 0.5) is 0 Å². The number of quaternary nitrogens is 1. The molecule has 2 N–H and O–H groups in total. The van der Waals surface area contributed by atoms with Gasteiger partial charge in [-0.05, 0) is 51.4 Å². The molecule has 0 unspecified atom stereocenters. The molecule has 1 rings (SSSR count). The average Bonchev–Trinajstić information content (AvgIpc) is 2.71. The van der Waals surface area contributed by atoms with Crippen molar-refractivity contribution < 1.29 is 20.0 Å². The van der Waals surface area contributed by atoms with Gasteiger partial charge in [-0.25, -0.2) is 10.5 Å². The van der Waals surface area contributed by atoms with Gasteiger partial charge in [0.05, 0.1) is 25.7 Å². The van der Waals surface area contributed by atoms with E-state index >= 15 is 0 Å². The van der Waals surface area contributed by atoms with Crippen molar-refractivity contribution in [1.29, 1.82) is 0 Å². The summed E-state index contributed by atoms with van der Waals surface area (Å²) in [6.07, 6.45) is 24.9. The molecule has 1 saturated carbocycles. The maximum atomic E-state index is 6.62. The van der Waals surface area contributed by atoms with E-state index in [-0.39, 0.29) is 0 Å². The van der Waals surface area contributed by atoms with Gasteiger partial charge < -0.3 is 4.48 Å². The second kappa shape index (κ2) is 20.1. The summed E-state index contributed by atoms with van der Waals surface area (Å²) in [5.41, 5.74) is 0. The summed E-state index contributed by atoms with van der Waals surface area (Å²) in [4.78, 5) is 0. The second-order valence-corrected chi connectivity index (χ2v) is 8.94. The van der Waals surface area contributed by atoms with E-state index in [1.54, 1.807) is 0 Å². The van der Waals surface area contributed by atoms with E-state index in [4.69, 9.17) is 10.5 Å². The summed E-state index contributed by atoms with van der Waals surface area (Å²) in [5.74, 6) is 0. The molecule has 1 aliphatic rings. The molecule has 0 aromatic carbocycles. The zero-order valence-corrected chi connectivity index (χ0v) is 19.5. The third-order valence-corrected chi connectivity index (χ3v) is 6.64. The van der Waals surface area contributed by atoms with Crippen molar-refractivity contribution in [1.82, 2.24) is 0 Å². The molecule has 0 aliphatic heterocycles. The Hall–Kier alpha value is -0.160. The van der Waals surface area contributed by atoms with Crippen molar-refractivity contribution in [2.75, 3.05) is 19.6 Å². The molecular formula is C24H52NO3+. The first kappa shape index (κ1) is 27.8. The Kier molecular flexibility index (Phi) is 20.0. The predicted octanol–water partition coefficient (Wildman–Crippen LogP) is 7.83. The lowest BCUT2D eigenvalue weighted by Crippen LogP contribution is -2.57. The fraction of sp³-hybridized carbons (Fsp3) is 1.00. The van der Waals surface area contributed by atoms with Crippen molar-refractivity contribution in [3.63, 3.8) is 0 Å². The Morgan fingerprint density at radius 3 is 1.46 bits per heavy atom. The molecule has 0 bridgehead atoms. The molecule has 28 heavy (non-hydrogen) atoms. The van der Waals surface area contributed by atoms with Gasteiger partial charge in [0.1, 0.15) is 0 Å². The maximum Gasteiger partial charge on any atom is 0.0890 e. The van der Waals surface area contributed by atoms with Crippen LogP contribution in [0.2, 0.25) is 0 Å². The van der Waals surface area contributed by atoms with E-state index in [1.165, 1.54) is 133 Å². The maximum absolute atomic E-state index is 6.62. The van der Waals surface area contributed by atoms with Crippen LogP contribution in [0.25, 0.3) is 0 Å². The van der Waals surface area contributed by atoms with Crippen LogP contribution in [0.1, 0.15) is 130 Å². The van der Waals surface area contributed by atoms with Gasteiger partial charge in [-0.3, -0.25) is 0 Å². The van der Waals surface area contributed by atoms with Crippen LogP contribution in [-0.4, -0.2) is 40.7 Å². The minimum Gasteiger partial charge on any atom is -0.321 e. The van der Waals surface area contributed by atoms with E-state index in [0.717, 1.165) is 6.04 Å². The highest BCUT2D eigenvalue weighted by molar-refractivity contribution is 4.68. The highest BCUT2D eigenvalue weighted by Crippen LogP contribution is 2.30. The Morgan fingerprint density at radius 1 is 0.607 bits per heavy atom. The number of hydrogen-bond acceptors (Lipinski definition) is 3. The molecule has 1 fully saturated rings. The molecule has 0 amide bonds. The van der Waals surface area contributed by atoms with Crippen LogP contribution in [0.15, 0.2) is 0 Å². The van der Waals surface area contributed by atoms with Crippen LogP contribution < -0.4 is 0 Å². The second-order valence-electron chi connectivity index (χ2n) is 8.94. The fourth-order valence-corrected chi connectivity index (χ4v) is 5.32. The number of unbranched alkanes of at least 4 members (excludes halogenated alkanes) is 9. The Bertz CT molecular complexity index is 300. The summed E-state index contributed by atoms with van der Waals surface area (Å²) in [6.45, 7) is 11.5. The Morgan fingerprint density at radius 2 is 1.04 bits per heavy atom. The standard InChI is InChI=1S/C24H50N.H2O3/c1-4-7-8-9-10-11-12-13-14-18-23-25(21-5-2,22-6-3)24-19-16-15-17-20-24;1-3-2/h24H,4-23H2,1-3H3;1-2H/q+1;. The number of nitrogens with zero attached hydrogens (tertiary/aromatic N) is 1. The largest absolute Gasteiger partial charge is 0.321 e. The third kappa shape index (κ3) is 13.1. The molecular weight excluding hydrogens is 350 g/mol. The van der Waals surface area contributed by atoms with E-state index in [9.17, 15) is 0 Å². The first-order chi connectivity index (χ1) is 13.7. The van der Waals surface area contributed by atoms with E-state index in [1.807, 2.05) is 0 Å². The first-order valence-electron chi connectivity index (χ1n) is 12.5. The molecule has 4 heteroatoms. The van der Waals surface area contributed by atoms with Crippen molar-refractivity contribution in [2.24, 2.45) is 0 Å². The monoisotopic (exact) mass is 402 g/mol. The van der Waals surface area contributed by atoms with Gasteiger partial charge >= 0.3 is 0 Å². The minimum absolute atomic E-state index is 0.993. The quantitative estimate of drug-likeness (QED) is 0.120. The van der Waals surface area contributed by atoms with Gasteiger partial charge in [0.2, 0.25) is 0 Å². The summed E-state index contributed by atoms with van der Waals surface area (Å²) >= 11 is 0. The van der Waals surface area contributed by atoms with Crippen LogP contribution >= 0.6 is 0 Å². The van der Waals surface area contributed by atoms with Gasteiger partial charge in [0, 0.05) is 0 Å². The van der Waals surface area contributed by atoms with E-state index in [0.29, 0.717) is 0 Å². The molecule has 0 aromatic heterocycles. The van der Waals surface area contributed by atoms with Crippen LogP contribution in [-0.2, 0) is 5.04 Å². The molecule has 0 heterocycles. The lowest BCUT2D eigenvalue weighted by atomic mass is 9.91. The van der Waals surface area contributed by atoms with Crippen LogP contribution in [0.5, 0.6) is 0 Å². The lowest BCUT2D eigenvalue weighted by Gasteiger charge is -2.47. The van der Waals surface area contributed by atoms with Gasteiger partial charge in [0.15, 0.2) is 0 Å². The highest BCUT2D eigenvalue weighted by atomic mass is 17.4. The molecule has 0 spiro atoms.